The predicted molar refractivity (Wildman–Crippen MR) is 54.6 cm³/mol. The Bertz CT molecular complexity index is 413. The van der Waals surface area contributed by atoms with Crippen molar-refractivity contribution in [3.05, 3.63) is 17.5 Å². The van der Waals surface area contributed by atoms with Crippen LogP contribution in [-0.4, -0.2) is 51.8 Å². The van der Waals surface area contributed by atoms with Gasteiger partial charge in [-0.1, -0.05) is 0 Å². The van der Waals surface area contributed by atoms with Crippen LogP contribution in [0.2, 0.25) is 0 Å². The lowest BCUT2D eigenvalue weighted by Gasteiger charge is -2.14. The first-order valence-electron chi connectivity index (χ1n) is 4.59. The fraction of sp³-hybridized carbons (Fsp3) is 0.444. The van der Waals surface area contributed by atoms with Crippen molar-refractivity contribution in [3.8, 4) is 0 Å². The third kappa shape index (κ3) is 2.37. The minimum Gasteiger partial charge on any atom is -0.395 e. The van der Waals surface area contributed by atoms with Gasteiger partial charge in [0.15, 0.2) is 5.69 Å². The Labute approximate surface area is 92.4 Å². The fourth-order valence-corrected chi connectivity index (χ4v) is 1.15. The molecule has 0 aliphatic heterocycles. The first kappa shape index (κ1) is 12.2. The summed E-state index contributed by atoms with van der Waals surface area (Å²) in [6.45, 7) is 0.0620. The number of aryl methyl sites for hydroxylation is 1. The summed E-state index contributed by atoms with van der Waals surface area (Å²) in [5.74, 6) is -1.11. The number of primary amides is 1. The normalized spacial score (nSPS) is 10.2. The first-order valence-corrected chi connectivity index (χ1v) is 4.59. The Hall–Kier alpha value is -1.89. The summed E-state index contributed by atoms with van der Waals surface area (Å²) in [6, 6.07) is 2.52. The summed E-state index contributed by atoms with van der Waals surface area (Å²) in [5.41, 5.74) is 5.07. The molecule has 87 valence electrons. The van der Waals surface area contributed by atoms with Gasteiger partial charge in [-0.05, 0) is 0 Å². The summed E-state index contributed by atoms with van der Waals surface area (Å²) in [7, 11) is 3.05. The smallest absolute Gasteiger partial charge is 0.272 e. The number of likely N-dealkylation sites (N-methyl/N-ethyl adjacent to an activating group) is 1. The van der Waals surface area contributed by atoms with Gasteiger partial charge in [-0.25, -0.2) is 0 Å². The van der Waals surface area contributed by atoms with E-state index in [1.165, 1.54) is 23.7 Å². The molecule has 1 radical (unpaired) electrons. The van der Waals surface area contributed by atoms with Gasteiger partial charge in [-0.3, -0.25) is 14.3 Å². The fourth-order valence-electron chi connectivity index (χ4n) is 1.15. The first-order chi connectivity index (χ1) is 7.47. The molecular formula is C9H13N4O3. The molecule has 7 nitrogen and oxygen atoms in total. The number of carbonyl (C=O) groups is 2. The van der Waals surface area contributed by atoms with E-state index in [0.29, 0.717) is 0 Å². The largest absolute Gasteiger partial charge is 0.395 e. The molecule has 1 heterocycles. The van der Waals surface area contributed by atoms with Gasteiger partial charge < -0.3 is 15.7 Å². The lowest BCUT2D eigenvalue weighted by atomic mass is 10.3. The SMILES string of the molecule is CN(CCO)C(=O)c1[c]c(C(N)=O)nn1C. The van der Waals surface area contributed by atoms with Crippen molar-refractivity contribution in [2.45, 2.75) is 0 Å². The second-order valence-electron chi connectivity index (χ2n) is 3.26. The molecule has 0 bridgehead atoms. The van der Waals surface area contributed by atoms with Crippen LogP contribution in [-0.2, 0) is 7.05 Å². The van der Waals surface area contributed by atoms with Gasteiger partial charge in [-0.15, -0.1) is 0 Å². The van der Waals surface area contributed by atoms with Crippen LogP contribution in [0.5, 0.6) is 0 Å². The number of aliphatic hydroxyl groups excluding tert-OH is 1. The third-order valence-electron chi connectivity index (χ3n) is 2.03. The molecule has 0 saturated carbocycles. The molecular weight excluding hydrogens is 212 g/mol. The molecule has 0 saturated heterocycles. The van der Waals surface area contributed by atoms with Crippen LogP contribution in [0.3, 0.4) is 0 Å². The van der Waals surface area contributed by atoms with Crippen LogP contribution in [0.1, 0.15) is 21.0 Å². The summed E-state index contributed by atoms with van der Waals surface area (Å²) in [6.07, 6.45) is 0. The zero-order valence-electron chi connectivity index (χ0n) is 9.10. The lowest BCUT2D eigenvalue weighted by Crippen LogP contribution is -2.31. The Kier molecular flexibility index (Phi) is 3.62. The minimum atomic E-state index is -0.737. The van der Waals surface area contributed by atoms with Crippen LogP contribution in [0.4, 0.5) is 0 Å². The van der Waals surface area contributed by atoms with E-state index in [0.717, 1.165) is 0 Å². The highest BCUT2D eigenvalue weighted by Crippen LogP contribution is 2.04. The molecule has 1 aromatic heterocycles. The van der Waals surface area contributed by atoms with Crippen LogP contribution in [0.15, 0.2) is 0 Å². The molecule has 0 aliphatic rings. The number of nitrogens with zero attached hydrogens (tertiary/aromatic N) is 3. The van der Waals surface area contributed by atoms with Crippen molar-refractivity contribution < 1.29 is 14.7 Å². The molecule has 0 unspecified atom stereocenters. The zero-order chi connectivity index (χ0) is 12.3. The van der Waals surface area contributed by atoms with E-state index in [9.17, 15) is 9.59 Å². The van der Waals surface area contributed by atoms with E-state index in [1.54, 1.807) is 0 Å². The number of hydrogen-bond acceptors (Lipinski definition) is 4. The van der Waals surface area contributed by atoms with E-state index in [2.05, 4.69) is 11.2 Å². The molecule has 7 heteroatoms. The highest BCUT2D eigenvalue weighted by atomic mass is 16.3. The van der Waals surface area contributed by atoms with Crippen molar-refractivity contribution >= 4 is 11.8 Å². The average Bonchev–Trinajstić information content (AvgIpc) is 2.60. The third-order valence-corrected chi connectivity index (χ3v) is 2.03. The van der Waals surface area contributed by atoms with Crippen molar-refractivity contribution in [2.24, 2.45) is 12.8 Å². The van der Waals surface area contributed by atoms with Crippen LogP contribution < -0.4 is 5.73 Å². The monoisotopic (exact) mass is 225 g/mol. The Balaban J connectivity index is 2.95. The van der Waals surface area contributed by atoms with Gasteiger partial charge in [-0.2, -0.15) is 5.10 Å². The highest BCUT2D eigenvalue weighted by Gasteiger charge is 2.19. The summed E-state index contributed by atoms with van der Waals surface area (Å²) >= 11 is 0. The summed E-state index contributed by atoms with van der Waals surface area (Å²) in [5, 5.41) is 12.4. The minimum absolute atomic E-state index is 0.0803. The van der Waals surface area contributed by atoms with E-state index >= 15 is 0 Å². The molecule has 0 spiro atoms. The number of aliphatic hydroxyl groups is 1. The number of nitrogens with two attached hydrogens (primary N) is 1. The maximum absolute atomic E-state index is 11.8. The number of carbonyl (C=O) groups excluding carboxylic acids is 2. The second-order valence-corrected chi connectivity index (χ2v) is 3.26. The number of amides is 2. The van der Waals surface area contributed by atoms with Crippen molar-refractivity contribution in [2.75, 3.05) is 20.2 Å². The molecule has 0 atom stereocenters. The van der Waals surface area contributed by atoms with E-state index in [-0.39, 0.29) is 30.4 Å². The Morgan fingerprint density at radius 1 is 1.62 bits per heavy atom. The van der Waals surface area contributed by atoms with E-state index in [1.807, 2.05) is 0 Å². The maximum atomic E-state index is 11.8. The average molecular weight is 225 g/mol. The van der Waals surface area contributed by atoms with Crippen LogP contribution in [0.25, 0.3) is 0 Å². The molecule has 16 heavy (non-hydrogen) atoms. The number of hydrogen-bond donors (Lipinski definition) is 2. The van der Waals surface area contributed by atoms with Crippen LogP contribution >= 0.6 is 0 Å². The highest BCUT2D eigenvalue weighted by molar-refractivity contribution is 5.96. The molecule has 0 aromatic carbocycles. The van der Waals surface area contributed by atoms with Crippen molar-refractivity contribution in [3.63, 3.8) is 0 Å². The molecule has 1 rings (SSSR count). The van der Waals surface area contributed by atoms with Gasteiger partial charge >= 0.3 is 0 Å². The second kappa shape index (κ2) is 4.75. The molecule has 0 fully saturated rings. The van der Waals surface area contributed by atoms with Gasteiger partial charge in [0, 0.05) is 20.6 Å². The van der Waals surface area contributed by atoms with Gasteiger partial charge in [0.1, 0.15) is 5.69 Å². The van der Waals surface area contributed by atoms with Gasteiger partial charge in [0.05, 0.1) is 12.7 Å². The Morgan fingerprint density at radius 2 is 2.25 bits per heavy atom. The van der Waals surface area contributed by atoms with E-state index < -0.39 is 5.91 Å². The summed E-state index contributed by atoms with van der Waals surface area (Å²) in [4.78, 5) is 23.9. The molecule has 0 aliphatic carbocycles. The van der Waals surface area contributed by atoms with E-state index in [4.69, 9.17) is 10.8 Å². The van der Waals surface area contributed by atoms with Gasteiger partial charge in [0.2, 0.25) is 0 Å². The molecule has 1 aromatic rings. The van der Waals surface area contributed by atoms with Gasteiger partial charge in [0.25, 0.3) is 11.8 Å². The standard InChI is InChI=1S/C9H13N4O3/c1-12(3-4-14)9(16)7-5-6(8(10)15)11-13(7)2/h14H,3-4H2,1-2H3,(H2,10,15). The molecule has 3 N–H and O–H groups in total. The number of aromatic nitrogens is 2. The lowest BCUT2D eigenvalue weighted by molar-refractivity contribution is 0.0755. The topological polar surface area (TPSA) is 101 Å². The Morgan fingerprint density at radius 3 is 2.69 bits per heavy atom. The number of rotatable bonds is 4. The summed E-state index contributed by atoms with van der Waals surface area (Å²) < 4.78 is 1.23. The van der Waals surface area contributed by atoms with Crippen LogP contribution in [0, 0.1) is 6.07 Å². The molecule has 2 amide bonds. The van der Waals surface area contributed by atoms with Crippen molar-refractivity contribution in [1.82, 2.24) is 14.7 Å². The zero-order valence-corrected chi connectivity index (χ0v) is 9.10. The maximum Gasteiger partial charge on any atom is 0.272 e. The predicted octanol–water partition coefficient (Wildman–Crippen LogP) is -1.62. The van der Waals surface area contributed by atoms with Crippen molar-refractivity contribution in [1.29, 1.82) is 0 Å². The quantitative estimate of drug-likeness (QED) is 0.643.